The first kappa shape index (κ1) is 19.2. The average molecular weight is 392 g/mol. The molecule has 0 spiro atoms. The monoisotopic (exact) mass is 392 g/mol. The topological polar surface area (TPSA) is 50.2 Å². The normalized spacial score (nSPS) is 16.2. The lowest BCUT2D eigenvalue weighted by Gasteiger charge is -2.18. The molecule has 0 bridgehead atoms. The molecule has 1 aliphatic heterocycles. The number of hydrogen-bond acceptors (Lipinski definition) is 3. The van der Waals surface area contributed by atoms with Crippen molar-refractivity contribution in [2.45, 2.75) is 26.7 Å². The second-order valence-corrected chi connectivity index (χ2v) is 7.59. The third kappa shape index (κ3) is 4.01. The number of nitrogens with one attached hydrogen (secondary N) is 1. The molecule has 1 fully saturated rings. The molecule has 1 N–H and O–H groups in total. The number of benzene rings is 2. The zero-order chi connectivity index (χ0) is 20.4. The zero-order valence-corrected chi connectivity index (χ0v) is 16.7. The first-order chi connectivity index (χ1) is 14.0. The first-order valence-electron chi connectivity index (χ1n) is 10.0. The number of aromatic nitrogens is 2. The maximum absolute atomic E-state index is 13.2. The highest BCUT2D eigenvalue weighted by atomic mass is 19.1. The quantitative estimate of drug-likeness (QED) is 0.686. The van der Waals surface area contributed by atoms with Crippen LogP contribution in [0.1, 0.15) is 36.3 Å². The highest BCUT2D eigenvalue weighted by molar-refractivity contribution is 6.05. The van der Waals surface area contributed by atoms with E-state index in [0.29, 0.717) is 12.0 Å². The van der Waals surface area contributed by atoms with E-state index in [-0.39, 0.29) is 11.7 Å². The van der Waals surface area contributed by atoms with E-state index in [1.54, 1.807) is 23.0 Å². The number of carbonyl (C=O) groups is 1. The van der Waals surface area contributed by atoms with Crippen molar-refractivity contribution in [3.63, 3.8) is 0 Å². The Balaban J connectivity index is 1.50. The van der Waals surface area contributed by atoms with Crippen LogP contribution in [0, 0.1) is 11.7 Å². The van der Waals surface area contributed by atoms with Crippen LogP contribution < -0.4 is 10.2 Å². The van der Waals surface area contributed by atoms with Gasteiger partial charge in [-0.15, -0.1) is 0 Å². The van der Waals surface area contributed by atoms with Gasteiger partial charge in [-0.2, -0.15) is 5.10 Å². The van der Waals surface area contributed by atoms with Crippen molar-refractivity contribution in [1.82, 2.24) is 9.78 Å². The summed E-state index contributed by atoms with van der Waals surface area (Å²) in [6.45, 7) is 6.40. The highest BCUT2D eigenvalue weighted by Crippen LogP contribution is 2.25. The SMILES string of the molecule is CCc1c(C(=O)Nc2ccc(N3CCC(C)C3)cc2)cnn1-c1ccc(F)cc1. The minimum atomic E-state index is -0.302. The van der Waals surface area contributed by atoms with E-state index in [9.17, 15) is 9.18 Å². The molecule has 5 nitrogen and oxygen atoms in total. The molecule has 4 rings (SSSR count). The summed E-state index contributed by atoms with van der Waals surface area (Å²) in [6, 6.07) is 14.1. The summed E-state index contributed by atoms with van der Waals surface area (Å²) < 4.78 is 14.9. The smallest absolute Gasteiger partial charge is 0.259 e. The third-order valence-electron chi connectivity index (χ3n) is 5.43. The van der Waals surface area contributed by atoms with Gasteiger partial charge in [-0.1, -0.05) is 13.8 Å². The number of anilines is 2. The van der Waals surface area contributed by atoms with Gasteiger partial charge in [-0.25, -0.2) is 9.07 Å². The molecule has 0 saturated carbocycles. The van der Waals surface area contributed by atoms with Crippen molar-refractivity contribution in [3.8, 4) is 5.69 Å². The fourth-order valence-electron chi connectivity index (χ4n) is 3.83. The van der Waals surface area contributed by atoms with Crippen molar-refractivity contribution in [2.75, 3.05) is 23.3 Å². The van der Waals surface area contributed by atoms with E-state index < -0.39 is 0 Å². The Morgan fingerprint density at radius 1 is 1.14 bits per heavy atom. The first-order valence-corrected chi connectivity index (χ1v) is 10.0. The molecular weight excluding hydrogens is 367 g/mol. The Morgan fingerprint density at radius 3 is 2.45 bits per heavy atom. The van der Waals surface area contributed by atoms with Gasteiger partial charge in [0.1, 0.15) is 5.82 Å². The molecular formula is C23H25FN4O. The molecule has 1 atom stereocenters. The number of carbonyl (C=O) groups excluding carboxylic acids is 1. The molecule has 2 heterocycles. The molecule has 1 amide bonds. The van der Waals surface area contributed by atoms with Gasteiger partial charge in [-0.3, -0.25) is 4.79 Å². The zero-order valence-electron chi connectivity index (χ0n) is 16.7. The van der Waals surface area contributed by atoms with Gasteiger partial charge in [0.05, 0.1) is 23.1 Å². The lowest BCUT2D eigenvalue weighted by atomic mass is 10.1. The van der Waals surface area contributed by atoms with E-state index in [4.69, 9.17) is 0 Å². The molecule has 3 aromatic rings. The summed E-state index contributed by atoms with van der Waals surface area (Å²) >= 11 is 0. The van der Waals surface area contributed by atoms with Crippen LogP contribution in [0.2, 0.25) is 0 Å². The molecule has 2 aromatic carbocycles. The molecule has 6 heteroatoms. The Hall–Kier alpha value is -3.15. The highest BCUT2D eigenvalue weighted by Gasteiger charge is 2.20. The predicted octanol–water partition coefficient (Wildman–Crippen LogP) is 4.67. The Labute approximate surface area is 170 Å². The lowest BCUT2D eigenvalue weighted by molar-refractivity contribution is 0.102. The summed E-state index contributed by atoms with van der Waals surface area (Å²) in [6.07, 6.45) is 3.42. The van der Waals surface area contributed by atoms with Crippen LogP contribution in [0.15, 0.2) is 54.7 Å². The predicted molar refractivity (Wildman–Crippen MR) is 113 cm³/mol. The summed E-state index contributed by atoms with van der Waals surface area (Å²) in [7, 11) is 0. The van der Waals surface area contributed by atoms with E-state index in [1.165, 1.54) is 24.2 Å². The number of nitrogens with zero attached hydrogens (tertiary/aromatic N) is 3. The molecule has 1 saturated heterocycles. The number of hydrogen-bond donors (Lipinski definition) is 1. The third-order valence-corrected chi connectivity index (χ3v) is 5.43. The van der Waals surface area contributed by atoms with Crippen LogP contribution >= 0.6 is 0 Å². The van der Waals surface area contributed by atoms with E-state index >= 15 is 0 Å². The Kier molecular flexibility index (Phi) is 5.34. The standard InChI is InChI=1S/C23H25FN4O/c1-3-22-21(14-25-28(22)20-8-4-17(24)5-9-20)23(29)26-18-6-10-19(11-7-18)27-13-12-16(2)15-27/h4-11,14,16H,3,12-13,15H2,1-2H3,(H,26,29). The van der Waals surface area contributed by atoms with Gasteiger partial charge in [0, 0.05) is 24.5 Å². The van der Waals surface area contributed by atoms with Crippen molar-refractivity contribution < 1.29 is 9.18 Å². The maximum atomic E-state index is 13.2. The van der Waals surface area contributed by atoms with Crippen LogP contribution in [0.5, 0.6) is 0 Å². The van der Waals surface area contributed by atoms with Crippen LogP contribution in [-0.2, 0) is 6.42 Å². The molecule has 0 aliphatic carbocycles. The molecule has 1 aromatic heterocycles. The summed E-state index contributed by atoms with van der Waals surface area (Å²) in [5.41, 5.74) is 3.98. The molecule has 150 valence electrons. The Bertz CT molecular complexity index is 995. The largest absolute Gasteiger partial charge is 0.371 e. The maximum Gasteiger partial charge on any atom is 0.259 e. The molecule has 1 unspecified atom stereocenters. The number of amides is 1. The summed E-state index contributed by atoms with van der Waals surface area (Å²) in [4.78, 5) is 15.2. The van der Waals surface area contributed by atoms with Gasteiger partial charge in [0.15, 0.2) is 0 Å². The molecule has 1 aliphatic rings. The van der Waals surface area contributed by atoms with Gasteiger partial charge in [-0.05, 0) is 67.3 Å². The lowest BCUT2D eigenvalue weighted by Crippen LogP contribution is -2.19. The second kappa shape index (κ2) is 8.07. The van der Waals surface area contributed by atoms with Crippen molar-refractivity contribution in [3.05, 3.63) is 71.8 Å². The number of rotatable bonds is 5. The van der Waals surface area contributed by atoms with Crippen molar-refractivity contribution in [1.29, 1.82) is 0 Å². The fraction of sp³-hybridized carbons (Fsp3) is 0.304. The van der Waals surface area contributed by atoms with Crippen LogP contribution in [0.25, 0.3) is 5.69 Å². The van der Waals surface area contributed by atoms with Gasteiger partial charge < -0.3 is 10.2 Å². The summed E-state index contributed by atoms with van der Waals surface area (Å²) in [5, 5.41) is 7.31. The molecule has 29 heavy (non-hydrogen) atoms. The van der Waals surface area contributed by atoms with Gasteiger partial charge in [0.25, 0.3) is 5.91 Å². The van der Waals surface area contributed by atoms with Crippen molar-refractivity contribution in [2.24, 2.45) is 5.92 Å². The summed E-state index contributed by atoms with van der Waals surface area (Å²) in [5.74, 6) is 0.223. The van der Waals surface area contributed by atoms with E-state index in [2.05, 4.69) is 34.4 Å². The van der Waals surface area contributed by atoms with Crippen LogP contribution in [-0.4, -0.2) is 28.8 Å². The van der Waals surface area contributed by atoms with Crippen molar-refractivity contribution >= 4 is 17.3 Å². The van der Waals surface area contributed by atoms with E-state index in [1.807, 2.05) is 19.1 Å². The fourth-order valence-corrected chi connectivity index (χ4v) is 3.83. The van der Waals surface area contributed by atoms with E-state index in [0.717, 1.165) is 36.1 Å². The average Bonchev–Trinajstić information content (AvgIpc) is 3.35. The van der Waals surface area contributed by atoms with Crippen LogP contribution in [0.3, 0.4) is 0 Å². The van der Waals surface area contributed by atoms with Crippen LogP contribution in [0.4, 0.5) is 15.8 Å². The van der Waals surface area contributed by atoms with Gasteiger partial charge in [0.2, 0.25) is 0 Å². The minimum absolute atomic E-state index is 0.197. The Morgan fingerprint density at radius 2 is 1.83 bits per heavy atom. The molecule has 0 radical (unpaired) electrons. The second-order valence-electron chi connectivity index (χ2n) is 7.59. The number of halogens is 1. The minimum Gasteiger partial charge on any atom is -0.371 e. The van der Waals surface area contributed by atoms with Gasteiger partial charge >= 0.3 is 0 Å².